The number of hydrogen-bond donors (Lipinski definition) is 2. The third-order valence-corrected chi connectivity index (χ3v) is 3.76. The normalized spacial score (nSPS) is 12.4. The number of amides is 2. The summed E-state index contributed by atoms with van der Waals surface area (Å²) in [5.41, 5.74) is 2.81. The number of furan rings is 1. The van der Waals surface area contributed by atoms with E-state index in [-0.39, 0.29) is 13.3 Å². The fraction of sp³-hybridized carbons (Fsp3) is 0.133. The molecule has 2 N–H and O–H groups in total. The van der Waals surface area contributed by atoms with Crippen molar-refractivity contribution < 1.29 is 23.5 Å². The van der Waals surface area contributed by atoms with Gasteiger partial charge in [0.05, 0.1) is 19.0 Å². The van der Waals surface area contributed by atoms with E-state index in [2.05, 4.69) is 31.8 Å². The van der Waals surface area contributed by atoms with E-state index in [1.54, 1.807) is 24.3 Å². The van der Waals surface area contributed by atoms with Gasteiger partial charge >= 0.3 is 11.8 Å². The van der Waals surface area contributed by atoms with Gasteiger partial charge in [0.1, 0.15) is 5.76 Å². The molecule has 8 nitrogen and oxygen atoms in total. The molecule has 0 atom stereocenters. The zero-order valence-corrected chi connectivity index (χ0v) is 13.8. The zero-order chi connectivity index (χ0) is 16.9. The lowest BCUT2D eigenvalue weighted by Crippen LogP contribution is -2.37. The first-order valence-electron chi connectivity index (χ1n) is 6.86. The Morgan fingerprint density at radius 1 is 1.25 bits per heavy atom. The van der Waals surface area contributed by atoms with Crippen molar-refractivity contribution >= 4 is 34.0 Å². The van der Waals surface area contributed by atoms with Gasteiger partial charge in [-0.15, -0.1) is 0 Å². The maximum absolute atomic E-state index is 11.6. The Bertz CT molecular complexity index is 789. The number of rotatable bonds is 4. The number of nitrogens with one attached hydrogen (secondary N) is 2. The van der Waals surface area contributed by atoms with Crippen LogP contribution in [0.5, 0.6) is 11.5 Å². The van der Waals surface area contributed by atoms with Gasteiger partial charge in [-0.2, -0.15) is 5.10 Å². The number of hydrogen-bond acceptors (Lipinski definition) is 6. The molecule has 0 radical (unpaired) electrons. The van der Waals surface area contributed by atoms with Gasteiger partial charge in [0.15, 0.2) is 11.5 Å². The molecule has 0 fully saturated rings. The molecule has 0 bridgehead atoms. The average Bonchev–Trinajstić information content (AvgIpc) is 3.23. The van der Waals surface area contributed by atoms with Crippen LogP contribution in [0.2, 0.25) is 0 Å². The van der Waals surface area contributed by atoms with Crippen molar-refractivity contribution in [2.45, 2.75) is 6.54 Å². The Hall–Kier alpha value is -2.81. The van der Waals surface area contributed by atoms with Crippen LogP contribution in [0.1, 0.15) is 11.3 Å². The van der Waals surface area contributed by atoms with Crippen LogP contribution in [0.3, 0.4) is 0 Å². The zero-order valence-electron chi connectivity index (χ0n) is 12.2. The molecule has 2 amide bonds. The maximum atomic E-state index is 11.6. The number of hydrazone groups is 1. The van der Waals surface area contributed by atoms with Crippen LogP contribution in [-0.4, -0.2) is 24.8 Å². The molecule has 124 valence electrons. The van der Waals surface area contributed by atoms with Gasteiger partial charge in [0.2, 0.25) is 6.79 Å². The molecule has 1 aliphatic rings. The topological polar surface area (TPSA) is 102 Å². The minimum atomic E-state index is -0.880. The summed E-state index contributed by atoms with van der Waals surface area (Å²) in [4.78, 5) is 23.3. The predicted octanol–water partition coefficient (Wildman–Crippen LogP) is 1.54. The molecule has 1 aliphatic heterocycles. The number of ether oxygens (including phenoxy) is 2. The van der Waals surface area contributed by atoms with Crippen molar-refractivity contribution in [3.8, 4) is 11.5 Å². The summed E-state index contributed by atoms with van der Waals surface area (Å²) < 4.78 is 16.3. The summed E-state index contributed by atoms with van der Waals surface area (Å²) in [7, 11) is 0. The second-order valence-corrected chi connectivity index (χ2v) is 5.54. The summed E-state index contributed by atoms with van der Waals surface area (Å²) >= 11 is 3.36. The monoisotopic (exact) mass is 393 g/mol. The smallest absolute Gasteiger partial charge is 0.329 e. The molecule has 3 rings (SSSR count). The molecule has 24 heavy (non-hydrogen) atoms. The molecular formula is C15H12BrN3O5. The first-order chi connectivity index (χ1) is 11.6. The average molecular weight is 394 g/mol. The maximum Gasteiger partial charge on any atom is 0.329 e. The number of carbonyl (C=O) groups is 2. The molecule has 0 saturated heterocycles. The van der Waals surface area contributed by atoms with E-state index in [9.17, 15) is 9.59 Å². The van der Waals surface area contributed by atoms with Crippen LogP contribution in [0.4, 0.5) is 0 Å². The van der Waals surface area contributed by atoms with Crippen LogP contribution >= 0.6 is 15.9 Å². The summed E-state index contributed by atoms with van der Waals surface area (Å²) in [6, 6.07) is 6.82. The highest BCUT2D eigenvalue weighted by Crippen LogP contribution is 2.36. The molecule has 1 aromatic heterocycles. The Balaban J connectivity index is 1.54. The van der Waals surface area contributed by atoms with Crippen molar-refractivity contribution in [1.82, 2.24) is 10.7 Å². The quantitative estimate of drug-likeness (QED) is 0.465. The summed E-state index contributed by atoms with van der Waals surface area (Å²) in [6.07, 6.45) is 2.87. The molecule has 0 unspecified atom stereocenters. The summed E-state index contributed by atoms with van der Waals surface area (Å²) in [5.74, 6) is 0.0643. The Morgan fingerprint density at radius 3 is 2.79 bits per heavy atom. The fourth-order valence-corrected chi connectivity index (χ4v) is 2.33. The molecule has 0 spiro atoms. The largest absolute Gasteiger partial charge is 0.467 e. The third-order valence-electron chi connectivity index (χ3n) is 3.07. The third kappa shape index (κ3) is 3.74. The van der Waals surface area contributed by atoms with Crippen molar-refractivity contribution in [1.29, 1.82) is 0 Å². The van der Waals surface area contributed by atoms with Crippen LogP contribution in [0.15, 0.2) is 44.5 Å². The first-order valence-corrected chi connectivity index (χ1v) is 7.65. The lowest BCUT2D eigenvalue weighted by atomic mass is 10.2. The van der Waals surface area contributed by atoms with E-state index in [1.165, 1.54) is 12.5 Å². The van der Waals surface area contributed by atoms with Crippen LogP contribution in [0, 0.1) is 0 Å². The first kappa shape index (κ1) is 16.1. The van der Waals surface area contributed by atoms with Gasteiger partial charge in [0.25, 0.3) is 0 Å². The summed E-state index contributed by atoms with van der Waals surface area (Å²) in [5, 5.41) is 6.17. The number of halogens is 1. The Kier molecular flexibility index (Phi) is 4.80. The van der Waals surface area contributed by atoms with E-state index in [0.717, 1.165) is 0 Å². The number of nitrogens with zero attached hydrogens (tertiary/aromatic N) is 1. The number of carbonyl (C=O) groups excluding carboxylic acids is 2. The van der Waals surface area contributed by atoms with Crippen LogP contribution < -0.4 is 20.2 Å². The number of fused-ring (bicyclic) bond motifs is 1. The molecule has 0 saturated carbocycles. The van der Waals surface area contributed by atoms with E-state index < -0.39 is 11.8 Å². The van der Waals surface area contributed by atoms with Gasteiger partial charge in [0, 0.05) is 10.0 Å². The van der Waals surface area contributed by atoms with Crippen molar-refractivity contribution in [2.75, 3.05) is 6.79 Å². The van der Waals surface area contributed by atoms with Gasteiger partial charge in [-0.25, -0.2) is 5.43 Å². The van der Waals surface area contributed by atoms with Crippen molar-refractivity contribution in [3.05, 3.63) is 46.3 Å². The van der Waals surface area contributed by atoms with Crippen molar-refractivity contribution in [3.63, 3.8) is 0 Å². The van der Waals surface area contributed by atoms with Gasteiger partial charge in [-0.1, -0.05) is 0 Å². The van der Waals surface area contributed by atoms with E-state index in [1.807, 2.05) is 0 Å². The van der Waals surface area contributed by atoms with Gasteiger partial charge in [-0.05, 0) is 40.2 Å². The second kappa shape index (κ2) is 7.18. The van der Waals surface area contributed by atoms with Crippen LogP contribution in [-0.2, 0) is 16.1 Å². The van der Waals surface area contributed by atoms with E-state index >= 15 is 0 Å². The molecule has 2 heterocycles. The number of benzene rings is 1. The standard InChI is InChI=1S/C15H12BrN3O5/c16-11-5-13-12(23-8-24-13)4-9(11)6-18-19-15(21)14(20)17-7-10-2-1-3-22-10/h1-6H,7-8H2,(H,17,20)(H,19,21)/b18-6-. The Labute approximate surface area is 144 Å². The second-order valence-electron chi connectivity index (χ2n) is 4.69. The molecule has 0 aliphatic carbocycles. The minimum Gasteiger partial charge on any atom is -0.467 e. The van der Waals surface area contributed by atoms with E-state index in [0.29, 0.717) is 27.3 Å². The van der Waals surface area contributed by atoms with E-state index in [4.69, 9.17) is 13.9 Å². The highest BCUT2D eigenvalue weighted by Gasteiger charge is 2.16. The fourth-order valence-electron chi connectivity index (χ4n) is 1.90. The molecular weight excluding hydrogens is 382 g/mol. The molecule has 2 aromatic rings. The summed E-state index contributed by atoms with van der Waals surface area (Å²) in [6.45, 7) is 0.283. The minimum absolute atomic E-state index is 0.122. The molecule has 9 heteroatoms. The predicted molar refractivity (Wildman–Crippen MR) is 86.6 cm³/mol. The molecule has 1 aromatic carbocycles. The highest BCUT2D eigenvalue weighted by molar-refractivity contribution is 9.10. The Morgan fingerprint density at radius 2 is 2.04 bits per heavy atom. The van der Waals surface area contributed by atoms with Crippen molar-refractivity contribution in [2.24, 2.45) is 5.10 Å². The lowest BCUT2D eigenvalue weighted by Gasteiger charge is -2.03. The van der Waals surface area contributed by atoms with Gasteiger partial charge in [-0.3, -0.25) is 9.59 Å². The SMILES string of the molecule is O=C(NCc1ccco1)C(=O)N/N=C\c1cc2c(cc1Br)OCO2. The van der Waals surface area contributed by atoms with Gasteiger partial charge < -0.3 is 19.2 Å². The van der Waals surface area contributed by atoms with Crippen LogP contribution in [0.25, 0.3) is 0 Å². The lowest BCUT2D eigenvalue weighted by molar-refractivity contribution is -0.139. The highest BCUT2D eigenvalue weighted by atomic mass is 79.9.